The Morgan fingerprint density at radius 1 is 0.918 bits per heavy atom. The predicted molar refractivity (Wildman–Crippen MR) is 200 cm³/mol. The average Bonchev–Trinajstić information content (AvgIpc) is 3.47. The van der Waals surface area contributed by atoms with E-state index in [0.29, 0.717) is 43.0 Å². The van der Waals surface area contributed by atoms with Crippen molar-refractivity contribution in [2.45, 2.75) is 123 Å². The summed E-state index contributed by atoms with van der Waals surface area (Å²) in [6.07, 6.45) is 27.4. The van der Waals surface area contributed by atoms with Crippen LogP contribution in [0.2, 0.25) is 0 Å². The zero-order valence-corrected chi connectivity index (χ0v) is 31.6. The van der Waals surface area contributed by atoms with E-state index in [-0.39, 0.29) is 18.7 Å². The molecular formula is C37H63N7O4P+. The van der Waals surface area contributed by atoms with Gasteiger partial charge in [-0.15, -0.1) is 0 Å². The van der Waals surface area contributed by atoms with Gasteiger partial charge in [-0.1, -0.05) is 102 Å². The van der Waals surface area contributed by atoms with Gasteiger partial charge in [0.2, 0.25) is 5.52 Å². The predicted octanol–water partition coefficient (Wildman–Crippen LogP) is 8.18. The molecule has 1 atom stereocenters. The standard InChI is InChI=1S/C37H62N7O4P/c1-5-6-7-8-9-10-11-12-13-14-15-16-17-18-26-47-27-20-28-48-49(45,46)29-19-21-32(2)30-44-31-39-34-35(40-37(38)41-36(34)44)43-24-22-33(23-25-43)42(3)4/h21-25,31H,5-20,26-30H2,1-4H3,(H2-,38,40,41,45,46)/p+1/b32-21-. The molecule has 3 N–H and O–H groups in total. The molecule has 0 fully saturated rings. The molecule has 3 aromatic rings. The van der Waals surface area contributed by atoms with Crippen LogP contribution in [0.25, 0.3) is 17.0 Å². The van der Waals surface area contributed by atoms with Crippen LogP contribution in [0, 0.1) is 0 Å². The van der Waals surface area contributed by atoms with Crippen molar-refractivity contribution in [2.24, 2.45) is 0 Å². The number of aromatic nitrogens is 5. The first-order valence-corrected chi connectivity index (χ1v) is 20.3. The lowest BCUT2D eigenvalue weighted by Crippen LogP contribution is -2.32. The van der Waals surface area contributed by atoms with E-state index in [1.807, 2.05) is 65.7 Å². The van der Waals surface area contributed by atoms with E-state index >= 15 is 0 Å². The topological polar surface area (TPSA) is 132 Å². The van der Waals surface area contributed by atoms with Crippen molar-refractivity contribution in [2.75, 3.05) is 50.7 Å². The molecule has 0 amide bonds. The van der Waals surface area contributed by atoms with Crippen molar-refractivity contribution in [1.29, 1.82) is 0 Å². The largest absolute Gasteiger partial charge is 0.381 e. The van der Waals surface area contributed by atoms with Gasteiger partial charge in [0.15, 0.2) is 5.65 Å². The number of nitrogens with two attached hydrogens (primary N) is 1. The number of rotatable bonds is 27. The summed E-state index contributed by atoms with van der Waals surface area (Å²) in [6, 6.07) is 3.99. The third kappa shape index (κ3) is 15.7. The SMILES string of the molecule is CCCCCCCCCCCCCCCCOCCCOP(=O)(O)CC/C=C(/C)Cn1cnc2c(-[n+]3ccc(N(C)C)cc3)nc(N)nc21. The van der Waals surface area contributed by atoms with E-state index in [4.69, 9.17) is 15.0 Å². The molecule has 0 aliphatic heterocycles. The second-order valence-corrected chi connectivity index (χ2v) is 15.4. The second-order valence-electron chi connectivity index (χ2n) is 13.4. The van der Waals surface area contributed by atoms with Crippen molar-refractivity contribution >= 4 is 30.4 Å². The van der Waals surface area contributed by atoms with Gasteiger partial charge >= 0.3 is 19.4 Å². The van der Waals surface area contributed by atoms with Crippen molar-refractivity contribution in [1.82, 2.24) is 19.5 Å². The van der Waals surface area contributed by atoms with Crippen LogP contribution in [0.1, 0.15) is 117 Å². The molecule has 1 unspecified atom stereocenters. The molecule has 0 aliphatic rings. The summed E-state index contributed by atoms with van der Waals surface area (Å²) in [4.78, 5) is 25.8. The van der Waals surface area contributed by atoms with Gasteiger partial charge in [0.05, 0.1) is 31.5 Å². The Kier molecular flexibility index (Phi) is 18.9. The molecule has 11 nitrogen and oxygen atoms in total. The molecule has 0 radical (unpaired) electrons. The Bertz CT molecular complexity index is 1430. The molecule has 3 heterocycles. The first-order valence-electron chi connectivity index (χ1n) is 18.6. The number of allylic oxidation sites excluding steroid dienone is 2. The highest BCUT2D eigenvalue weighted by atomic mass is 31.2. The summed E-state index contributed by atoms with van der Waals surface area (Å²) in [5.74, 6) is 0.764. The fraction of sp³-hybridized carbons (Fsp3) is 0.676. The lowest BCUT2D eigenvalue weighted by molar-refractivity contribution is -0.598. The Labute approximate surface area is 294 Å². The van der Waals surface area contributed by atoms with Crippen LogP contribution in [-0.4, -0.2) is 64.5 Å². The number of anilines is 2. The highest BCUT2D eigenvalue weighted by Crippen LogP contribution is 2.42. The molecule has 274 valence electrons. The second kappa shape index (κ2) is 22.8. The minimum absolute atomic E-state index is 0.0633. The van der Waals surface area contributed by atoms with Gasteiger partial charge in [0.1, 0.15) is 0 Å². The van der Waals surface area contributed by atoms with E-state index < -0.39 is 7.60 Å². The van der Waals surface area contributed by atoms with Gasteiger partial charge in [0, 0.05) is 56.7 Å². The number of imidazole rings is 1. The van der Waals surface area contributed by atoms with Crippen LogP contribution in [0.15, 0.2) is 42.5 Å². The Hall–Kier alpha value is -2.85. The summed E-state index contributed by atoms with van der Waals surface area (Å²) < 4.78 is 27.4. The van der Waals surface area contributed by atoms with Crippen LogP contribution >= 0.6 is 7.60 Å². The van der Waals surface area contributed by atoms with E-state index in [2.05, 4.69) is 21.9 Å². The molecule has 3 aromatic heterocycles. The summed E-state index contributed by atoms with van der Waals surface area (Å²) in [5, 5.41) is 0. The minimum atomic E-state index is -3.67. The quantitative estimate of drug-likeness (QED) is 0.0350. The van der Waals surface area contributed by atoms with Crippen LogP contribution < -0.4 is 15.2 Å². The smallest absolute Gasteiger partial charge is 0.361 e. The zero-order valence-electron chi connectivity index (χ0n) is 30.7. The number of unbranched alkanes of at least 4 members (excludes halogenated alkanes) is 13. The van der Waals surface area contributed by atoms with Gasteiger partial charge in [-0.25, -0.2) is 9.55 Å². The number of hydrogen-bond donors (Lipinski definition) is 2. The fourth-order valence-corrected chi connectivity index (χ4v) is 6.84. The molecule has 0 aliphatic carbocycles. The van der Waals surface area contributed by atoms with Crippen LogP contribution in [0.3, 0.4) is 0 Å². The van der Waals surface area contributed by atoms with Crippen LogP contribution in [0.4, 0.5) is 11.6 Å². The van der Waals surface area contributed by atoms with Gasteiger partial charge in [-0.05, 0) is 26.2 Å². The first kappa shape index (κ1) is 40.6. The zero-order chi connectivity index (χ0) is 35.3. The number of hydrogen-bond acceptors (Lipinski definition) is 8. The monoisotopic (exact) mass is 700 g/mol. The maximum Gasteiger partial charge on any atom is 0.361 e. The van der Waals surface area contributed by atoms with Gasteiger partial charge in [-0.2, -0.15) is 4.98 Å². The summed E-state index contributed by atoms with van der Waals surface area (Å²) in [5.41, 5.74) is 9.42. The number of fused-ring (bicyclic) bond motifs is 1. The third-order valence-electron chi connectivity index (χ3n) is 8.73. The number of ether oxygens (including phenoxy) is 1. The average molecular weight is 701 g/mol. The highest BCUT2D eigenvalue weighted by molar-refractivity contribution is 7.52. The summed E-state index contributed by atoms with van der Waals surface area (Å²) in [7, 11) is 0.308. The molecule has 0 bridgehead atoms. The molecule has 0 aromatic carbocycles. The van der Waals surface area contributed by atoms with Crippen molar-refractivity contribution in [3.05, 3.63) is 42.5 Å². The lowest BCUT2D eigenvalue weighted by atomic mass is 10.0. The van der Waals surface area contributed by atoms with Crippen molar-refractivity contribution in [3.8, 4) is 5.82 Å². The summed E-state index contributed by atoms with van der Waals surface area (Å²) >= 11 is 0. The Balaban J connectivity index is 1.25. The van der Waals surface area contributed by atoms with E-state index in [1.165, 1.54) is 83.5 Å². The maximum absolute atomic E-state index is 12.5. The van der Waals surface area contributed by atoms with Crippen molar-refractivity contribution < 1.29 is 23.3 Å². The van der Waals surface area contributed by atoms with Crippen molar-refractivity contribution in [3.63, 3.8) is 0 Å². The number of nitrogen functional groups attached to an aromatic ring is 1. The molecule has 0 saturated heterocycles. The molecule has 3 rings (SSSR count). The van der Waals surface area contributed by atoms with Crippen LogP contribution in [-0.2, 0) is 20.4 Å². The normalized spacial score (nSPS) is 13.3. The Morgan fingerprint density at radius 2 is 1.51 bits per heavy atom. The lowest BCUT2D eigenvalue weighted by Gasteiger charge is -2.12. The van der Waals surface area contributed by atoms with Gasteiger partial charge in [0.25, 0.3) is 0 Å². The third-order valence-corrected chi connectivity index (χ3v) is 10.1. The maximum atomic E-state index is 12.5. The Morgan fingerprint density at radius 3 is 2.12 bits per heavy atom. The molecule has 12 heteroatoms. The van der Waals surface area contributed by atoms with E-state index in [1.54, 1.807) is 6.33 Å². The highest BCUT2D eigenvalue weighted by Gasteiger charge is 2.22. The molecular weight excluding hydrogens is 637 g/mol. The fourth-order valence-electron chi connectivity index (χ4n) is 5.84. The van der Waals surface area contributed by atoms with Gasteiger partial charge in [-0.3, -0.25) is 4.57 Å². The minimum Gasteiger partial charge on any atom is -0.381 e. The first-order chi connectivity index (χ1) is 23.7. The molecule has 0 spiro atoms. The van der Waals surface area contributed by atoms with E-state index in [0.717, 1.165) is 24.3 Å². The van der Waals surface area contributed by atoms with Crippen LogP contribution in [0.5, 0.6) is 0 Å². The molecule has 0 saturated carbocycles. The van der Waals surface area contributed by atoms with Gasteiger partial charge < -0.3 is 29.4 Å². The number of nitrogens with zero attached hydrogens (tertiary/aromatic N) is 6. The molecule has 49 heavy (non-hydrogen) atoms. The summed E-state index contributed by atoms with van der Waals surface area (Å²) in [6.45, 7) is 6.28. The number of pyridine rings is 1. The van der Waals surface area contributed by atoms with E-state index in [9.17, 15) is 9.46 Å².